The van der Waals surface area contributed by atoms with Gasteiger partial charge >= 0.3 is 5.69 Å². The van der Waals surface area contributed by atoms with E-state index in [0.717, 1.165) is 0 Å². The first-order valence-electron chi connectivity index (χ1n) is 7.56. The van der Waals surface area contributed by atoms with Crippen molar-refractivity contribution in [1.82, 2.24) is 12.7 Å². The van der Waals surface area contributed by atoms with Gasteiger partial charge in [-0.1, -0.05) is 0 Å². The van der Waals surface area contributed by atoms with Gasteiger partial charge in [-0.15, -0.1) is 0 Å². The zero-order chi connectivity index (χ0) is 17.9. The van der Waals surface area contributed by atoms with Crippen LogP contribution < -0.4 is 11.2 Å². The van der Waals surface area contributed by atoms with Crippen molar-refractivity contribution in [1.29, 1.82) is 0 Å². The lowest BCUT2D eigenvalue weighted by Crippen LogP contribution is -2.34. The molecule has 2 heterocycles. The second-order valence-electron chi connectivity index (χ2n) is 5.64. The number of hydrogen-bond acceptors (Lipinski definition) is 6. The highest BCUT2D eigenvalue weighted by molar-refractivity contribution is 14.1. The van der Waals surface area contributed by atoms with Crippen molar-refractivity contribution >= 4 is 28.8 Å². The summed E-state index contributed by atoms with van der Waals surface area (Å²) in [6, 6.07) is 0. The van der Waals surface area contributed by atoms with Crippen LogP contribution in [0.15, 0.2) is 15.8 Å². The fraction of sp³-hybridized carbons (Fsp3) is 0.643. The zero-order valence-electron chi connectivity index (χ0n) is 13.1. The lowest BCUT2D eigenvalue weighted by atomic mass is 10.1. The summed E-state index contributed by atoms with van der Waals surface area (Å²) in [5, 5.41) is 18.9. The predicted octanol–water partition coefficient (Wildman–Crippen LogP) is -0.692. The number of aryl methyl sites for hydroxylation is 1. The number of rotatable bonds is 6. The molecule has 134 valence electrons. The van der Waals surface area contributed by atoms with E-state index in [0.29, 0.717) is 24.9 Å². The molecule has 3 N–H and O–H groups in total. The first kappa shape index (κ1) is 19.1. The summed E-state index contributed by atoms with van der Waals surface area (Å²) in [5.74, 6) is -0.0714. The molecule has 0 bridgehead atoms. The lowest BCUT2D eigenvalue weighted by Gasteiger charge is -2.16. The van der Waals surface area contributed by atoms with E-state index >= 15 is 0 Å². The molecule has 0 radical (unpaired) electrons. The topological polar surface area (TPSA) is 125 Å². The molecule has 1 aliphatic heterocycles. The minimum Gasteiger partial charge on any atom is -0.394 e. The Labute approximate surface area is 151 Å². The number of nitrogens with zero attached hydrogens (tertiary/aromatic N) is 2. The van der Waals surface area contributed by atoms with Crippen LogP contribution in [-0.2, 0) is 16.0 Å². The number of aliphatic hydroxyl groups is 2. The molecule has 0 aliphatic carbocycles. The van der Waals surface area contributed by atoms with E-state index in [9.17, 15) is 19.5 Å². The van der Waals surface area contributed by atoms with Gasteiger partial charge in [-0.05, 0) is 12.8 Å². The maximum Gasteiger partial charge on any atom is 0.330 e. The van der Waals surface area contributed by atoms with Gasteiger partial charge in [-0.3, -0.25) is 22.3 Å². The maximum atomic E-state index is 12.0. The molecular formula is C14H20IN3O6. The number of amides is 1. The highest BCUT2D eigenvalue weighted by atomic mass is 127. The van der Waals surface area contributed by atoms with Crippen LogP contribution >= 0.6 is 22.9 Å². The molecule has 0 aromatic carbocycles. The van der Waals surface area contributed by atoms with Crippen LogP contribution in [0.3, 0.4) is 0 Å². The van der Waals surface area contributed by atoms with Gasteiger partial charge in [-0.2, -0.15) is 0 Å². The van der Waals surface area contributed by atoms with Crippen molar-refractivity contribution in [2.45, 2.75) is 44.6 Å². The Morgan fingerprint density at radius 3 is 2.83 bits per heavy atom. The van der Waals surface area contributed by atoms with Gasteiger partial charge in [0.1, 0.15) is 12.3 Å². The molecule has 1 saturated heterocycles. The summed E-state index contributed by atoms with van der Waals surface area (Å²) < 4.78 is 8.19. The SMILES string of the molecule is CC(=O)N(I)CCCc1cn([C@H]2C[C@H](O)[C@@H](CO)O2)c(=O)[nH]c1=O. The summed E-state index contributed by atoms with van der Waals surface area (Å²) in [7, 11) is 0. The van der Waals surface area contributed by atoms with Gasteiger partial charge < -0.3 is 14.9 Å². The third-order valence-electron chi connectivity index (χ3n) is 3.88. The van der Waals surface area contributed by atoms with Crippen LogP contribution in [0, 0.1) is 0 Å². The zero-order valence-corrected chi connectivity index (χ0v) is 15.3. The Morgan fingerprint density at radius 1 is 1.54 bits per heavy atom. The number of hydrogen-bond donors (Lipinski definition) is 3. The fourth-order valence-corrected chi connectivity index (χ4v) is 2.88. The van der Waals surface area contributed by atoms with Crippen molar-refractivity contribution in [3.63, 3.8) is 0 Å². The van der Waals surface area contributed by atoms with Crippen LogP contribution in [0.1, 0.15) is 31.6 Å². The van der Waals surface area contributed by atoms with Gasteiger partial charge in [-0.25, -0.2) is 4.79 Å². The standard InChI is InChI=1S/C14H20IN3O6/c1-8(20)18(15)4-2-3-9-6-17(14(23)16-13(9)22)12-5-10(21)11(7-19)24-12/h6,10-12,19,21H,2-5,7H2,1H3,(H,16,22,23)/t10-,11+,12+/m0/s1. The number of aromatic amines is 1. The number of H-pyrrole nitrogens is 1. The molecule has 0 spiro atoms. The number of nitrogens with one attached hydrogen (secondary N) is 1. The Hall–Kier alpha value is -1.24. The highest BCUT2D eigenvalue weighted by Gasteiger charge is 2.35. The molecule has 1 aromatic heterocycles. The molecule has 10 heteroatoms. The quantitative estimate of drug-likeness (QED) is 0.387. The lowest BCUT2D eigenvalue weighted by molar-refractivity contribution is -0.122. The summed E-state index contributed by atoms with van der Waals surface area (Å²) >= 11 is 1.91. The fourth-order valence-electron chi connectivity index (χ4n) is 2.54. The number of ether oxygens (including phenoxy) is 1. The molecule has 1 amide bonds. The third kappa shape index (κ3) is 4.43. The minimum atomic E-state index is -0.870. The van der Waals surface area contributed by atoms with E-state index in [-0.39, 0.29) is 18.9 Å². The molecule has 0 saturated carbocycles. The highest BCUT2D eigenvalue weighted by Crippen LogP contribution is 2.27. The summed E-state index contributed by atoms with van der Waals surface area (Å²) in [6.07, 6.45) is 0.175. The molecule has 1 aliphatic rings. The molecule has 24 heavy (non-hydrogen) atoms. The van der Waals surface area contributed by atoms with Crippen molar-refractivity contribution in [2.75, 3.05) is 13.2 Å². The molecule has 9 nitrogen and oxygen atoms in total. The first-order chi connectivity index (χ1) is 11.3. The van der Waals surface area contributed by atoms with E-state index in [1.807, 2.05) is 22.9 Å². The molecule has 2 rings (SSSR count). The Balaban J connectivity index is 2.12. The number of aromatic nitrogens is 2. The van der Waals surface area contributed by atoms with Crippen molar-refractivity contribution < 1.29 is 19.7 Å². The molecule has 0 unspecified atom stereocenters. The number of carbonyl (C=O) groups excluding carboxylic acids is 1. The summed E-state index contributed by atoms with van der Waals surface area (Å²) in [6.45, 7) is 1.60. The minimum absolute atomic E-state index is 0.0714. The molecular weight excluding hydrogens is 433 g/mol. The van der Waals surface area contributed by atoms with E-state index in [4.69, 9.17) is 9.84 Å². The van der Waals surface area contributed by atoms with E-state index in [1.54, 1.807) is 0 Å². The molecule has 3 atom stereocenters. The first-order valence-corrected chi connectivity index (χ1v) is 8.52. The van der Waals surface area contributed by atoms with Gasteiger partial charge in [0, 0.05) is 31.6 Å². The van der Waals surface area contributed by atoms with Crippen molar-refractivity contribution in [3.05, 3.63) is 32.6 Å². The average molecular weight is 453 g/mol. The predicted molar refractivity (Wildman–Crippen MR) is 92.7 cm³/mol. The average Bonchev–Trinajstić information content (AvgIpc) is 2.89. The van der Waals surface area contributed by atoms with Crippen LogP contribution in [0.5, 0.6) is 0 Å². The Morgan fingerprint density at radius 2 is 2.25 bits per heavy atom. The van der Waals surface area contributed by atoms with Crippen LogP contribution in [-0.4, -0.2) is 54.1 Å². The van der Waals surface area contributed by atoms with E-state index < -0.39 is 29.7 Å². The smallest absolute Gasteiger partial charge is 0.330 e. The van der Waals surface area contributed by atoms with Gasteiger partial charge in [0.15, 0.2) is 0 Å². The monoisotopic (exact) mass is 453 g/mol. The summed E-state index contributed by atoms with van der Waals surface area (Å²) in [4.78, 5) is 37.3. The molecule has 1 fully saturated rings. The van der Waals surface area contributed by atoms with Gasteiger partial charge in [0.2, 0.25) is 5.91 Å². The normalized spacial score (nSPS) is 23.4. The number of carbonyl (C=O) groups is 1. The van der Waals surface area contributed by atoms with Crippen molar-refractivity contribution in [3.8, 4) is 0 Å². The summed E-state index contributed by atoms with van der Waals surface area (Å²) in [5.41, 5.74) is -0.705. The second kappa shape index (κ2) is 8.23. The Kier molecular flexibility index (Phi) is 6.54. The van der Waals surface area contributed by atoms with Gasteiger partial charge in [0.05, 0.1) is 35.6 Å². The van der Waals surface area contributed by atoms with Crippen LogP contribution in [0.4, 0.5) is 0 Å². The maximum absolute atomic E-state index is 12.0. The van der Waals surface area contributed by atoms with Crippen LogP contribution in [0.25, 0.3) is 0 Å². The van der Waals surface area contributed by atoms with Crippen molar-refractivity contribution in [2.24, 2.45) is 0 Å². The third-order valence-corrected chi connectivity index (χ3v) is 5.04. The van der Waals surface area contributed by atoms with E-state index in [1.165, 1.54) is 20.8 Å². The Bertz CT molecular complexity index is 702. The van der Waals surface area contributed by atoms with E-state index in [2.05, 4.69) is 4.98 Å². The van der Waals surface area contributed by atoms with Gasteiger partial charge in [0.25, 0.3) is 5.56 Å². The largest absolute Gasteiger partial charge is 0.394 e. The van der Waals surface area contributed by atoms with Crippen LogP contribution in [0.2, 0.25) is 0 Å². The number of halogens is 1. The second-order valence-corrected chi connectivity index (χ2v) is 6.81. The number of aliphatic hydroxyl groups excluding tert-OH is 2. The molecule has 1 aromatic rings.